The highest BCUT2D eigenvalue weighted by molar-refractivity contribution is 5.44. The van der Waals surface area contributed by atoms with E-state index in [1.54, 1.807) is 10.9 Å². The van der Waals surface area contributed by atoms with Crippen molar-refractivity contribution < 1.29 is 5.11 Å². The lowest BCUT2D eigenvalue weighted by Gasteiger charge is -2.19. The fraction of sp³-hybridized carbons (Fsp3) is 0.438. The van der Waals surface area contributed by atoms with Crippen LogP contribution in [0.25, 0.3) is 0 Å². The van der Waals surface area contributed by atoms with Crippen LogP contribution < -0.4 is 10.2 Å². The van der Waals surface area contributed by atoms with Crippen molar-refractivity contribution in [1.82, 2.24) is 15.1 Å². The number of nitrogens with zero attached hydrogens (tertiary/aromatic N) is 3. The Labute approximate surface area is 126 Å². The van der Waals surface area contributed by atoms with Gasteiger partial charge < -0.3 is 15.3 Å². The Bertz CT molecular complexity index is 486. The van der Waals surface area contributed by atoms with Gasteiger partial charge in [0.15, 0.2) is 0 Å². The molecule has 1 heterocycles. The Morgan fingerprint density at radius 2 is 2.10 bits per heavy atom. The Hall–Kier alpha value is -1.85. The summed E-state index contributed by atoms with van der Waals surface area (Å²) >= 11 is 0. The number of hydrogen-bond acceptors (Lipinski definition) is 4. The minimum absolute atomic E-state index is 0.406. The van der Waals surface area contributed by atoms with E-state index in [4.69, 9.17) is 0 Å². The predicted molar refractivity (Wildman–Crippen MR) is 85.4 cm³/mol. The van der Waals surface area contributed by atoms with Gasteiger partial charge in [0.1, 0.15) is 0 Å². The highest BCUT2D eigenvalue weighted by Crippen LogP contribution is 2.10. The van der Waals surface area contributed by atoms with Crippen molar-refractivity contribution in [3.63, 3.8) is 0 Å². The summed E-state index contributed by atoms with van der Waals surface area (Å²) in [5.74, 6) is 0. The number of anilines is 1. The maximum atomic E-state index is 9.87. The second kappa shape index (κ2) is 8.44. The van der Waals surface area contributed by atoms with Gasteiger partial charge in [0.2, 0.25) is 0 Å². The monoisotopic (exact) mass is 288 g/mol. The summed E-state index contributed by atoms with van der Waals surface area (Å²) in [6, 6.07) is 12.2. The summed E-state index contributed by atoms with van der Waals surface area (Å²) in [6.07, 6.45) is 4.22. The van der Waals surface area contributed by atoms with E-state index in [1.807, 2.05) is 18.3 Å². The van der Waals surface area contributed by atoms with Crippen LogP contribution in [0.15, 0.2) is 48.8 Å². The molecule has 21 heavy (non-hydrogen) atoms. The summed E-state index contributed by atoms with van der Waals surface area (Å²) < 4.78 is 1.75. The summed E-state index contributed by atoms with van der Waals surface area (Å²) in [5, 5.41) is 17.2. The van der Waals surface area contributed by atoms with Crippen LogP contribution in [0, 0.1) is 0 Å². The number of aliphatic hydroxyl groups excluding tert-OH is 1. The van der Waals surface area contributed by atoms with E-state index in [0.29, 0.717) is 13.1 Å². The Morgan fingerprint density at radius 3 is 2.81 bits per heavy atom. The molecule has 0 saturated carbocycles. The lowest BCUT2D eigenvalue weighted by molar-refractivity contribution is 0.147. The second-order valence-electron chi connectivity index (χ2n) is 5.20. The van der Waals surface area contributed by atoms with Gasteiger partial charge in [-0.15, -0.1) is 0 Å². The molecule has 0 fully saturated rings. The van der Waals surface area contributed by atoms with Gasteiger partial charge in [0.05, 0.1) is 12.6 Å². The number of aliphatic hydroxyl groups is 1. The first-order valence-electron chi connectivity index (χ1n) is 7.38. The maximum absolute atomic E-state index is 9.87. The topological polar surface area (TPSA) is 53.3 Å². The third kappa shape index (κ3) is 5.57. The normalized spacial score (nSPS) is 12.3. The summed E-state index contributed by atoms with van der Waals surface area (Å²) in [7, 11) is 2.10. The van der Waals surface area contributed by atoms with Crippen LogP contribution in [0.1, 0.15) is 6.42 Å². The lowest BCUT2D eigenvalue weighted by atomic mass is 10.3. The van der Waals surface area contributed by atoms with Gasteiger partial charge >= 0.3 is 0 Å². The van der Waals surface area contributed by atoms with Crippen LogP contribution in [0.2, 0.25) is 0 Å². The van der Waals surface area contributed by atoms with Crippen molar-refractivity contribution in [1.29, 1.82) is 0 Å². The molecule has 2 rings (SSSR count). The molecule has 0 radical (unpaired) electrons. The minimum atomic E-state index is -0.406. The first-order valence-corrected chi connectivity index (χ1v) is 7.38. The highest BCUT2D eigenvalue weighted by atomic mass is 16.3. The molecular formula is C16H24N4O. The molecule has 0 bridgehead atoms. The first-order chi connectivity index (χ1) is 10.3. The third-order valence-electron chi connectivity index (χ3n) is 3.38. The molecule has 5 heteroatoms. The number of nitrogens with one attached hydrogen (secondary N) is 1. The number of para-hydroxylation sites is 1. The van der Waals surface area contributed by atoms with Crippen molar-refractivity contribution in [2.45, 2.75) is 19.1 Å². The van der Waals surface area contributed by atoms with Crippen molar-refractivity contribution in [3.05, 3.63) is 48.8 Å². The molecule has 1 aromatic heterocycles. The van der Waals surface area contributed by atoms with Crippen LogP contribution in [-0.2, 0) is 6.54 Å². The van der Waals surface area contributed by atoms with Crippen molar-refractivity contribution in [2.75, 3.05) is 31.6 Å². The molecule has 0 aliphatic carbocycles. The van der Waals surface area contributed by atoms with E-state index in [9.17, 15) is 5.11 Å². The van der Waals surface area contributed by atoms with Crippen LogP contribution in [0.5, 0.6) is 0 Å². The zero-order valence-corrected chi connectivity index (χ0v) is 12.5. The fourth-order valence-electron chi connectivity index (χ4n) is 2.21. The third-order valence-corrected chi connectivity index (χ3v) is 3.38. The maximum Gasteiger partial charge on any atom is 0.0860 e. The average Bonchev–Trinajstić information content (AvgIpc) is 3.00. The summed E-state index contributed by atoms with van der Waals surface area (Å²) in [4.78, 5) is 2.24. The van der Waals surface area contributed by atoms with Crippen LogP contribution >= 0.6 is 0 Å². The fourth-order valence-corrected chi connectivity index (χ4v) is 2.21. The molecule has 0 saturated heterocycles. The Morgan fingerprint density at radius 1 is 1.29 bits per heavy atom. The zero-order valence-electron chi connectivity index (χ0n) is 12.5. The van der Waals surface area contributed by atoms with E-state index < -0.39 is 6.10 Å². The average molecular weight is 288 g/mol. The van der Waals surface area contributed by atoms with Gasteiger partial charge in [0.25, 0.3) is 0 Å². The van der Waals surface area contributed by atoms with E-state index in [2.05, 4.69) is 46.6 Å². The van der Waals surface area contributed by atoms with Gasteiger partial charge in [-0.05, 0) is 31.2 Å². The summed E-state index contributed by atoms with van der Waals surface area (Å²) in [6.45, 7) is 3.01. The largest absolute Gasteiger partial charge is 0.390 e. The summed E-state index contributed by atoms with van der Waals surface area (Å²) in [5.41, 5.74) is 1.23. The van der Waals surface area contributed by atoms with Crippen molar-refractivity contribution in [2.24, 2.45) is 0 Å². The quantitative estimate of drug-likeness (QED) is 0.684. The molecule has 0 aliphatic heterocycles. The molecule has 0 amide bonds. The zero-order chi connectivity index (χ0) is 14.9. The molecule has 1 unspecified atom stereocenters. The Balaban J connectivity index is 1.55. The van der Waals surface area contributed by atoms with E-state index in [1.165, 1.54) is 5.69 Å². The number of benzene rings is 1. The SMILES string of the molecule is CN(CCCNCC(O)Cn1cccn1)c1ccccc1. The molecule has 5 nitrogen and oxygen atoms in total. The molecule has 0 aliphatic rings. The first kappa shape index (κ1) is 15.5. The molecule has 114 valence electrons. The molecule has 1 atom stereocenters. The van der Waals surface area contributed by atoms with Gasteiger partial charge in [-0.25, -0.2) is 0 Å². The molecule has 1 aromatic carbocycles. The van der Waals surface area contributed by atoms with Gasteiger partial charge in [-0.2, -0.15) is 5.10 Å². The Kier molecular flexibility index (Phi) is 6.24. The van der Waals surface area contributed by atoms with Crippen molar-refractivity contribution in [3.8, 4) is 0 Å². The number of rotatable bonds is 9. The van der Waals surface area contributed by atoms with Gasteiger partial charge in [-0.3, -0.25) is 4.68 Å². The van der Waals surface area contributed by atoms with E-state index >= 15 is 0 Å². The van der Waals surface area contributed by atoms with Crippen LogP contribution in [0.4, 0.5) is 5.69 Å². The number of hydrogen-bond donors (Lipinski definition) is 2. The number of aromatic nitrogens is 2. The standard InChI is InChI=1S/C16H24N4O/c1-19(15-7-3-2-4-8-15)11-5-9-17-13-16(21)14-20-12-6-10-18-20/h2-4,6-8,10,12,16-17,21H,5,9,11,13-14H2,1H3. The lowest BCUT2D eigenvalue weighted by Crippen LogP contribution is -2.32. The van der Waals surface area contributed by atoms with E-state index in [-0.39, 0.29) is 0 Å². The van der Waals surface area contributed by atoms with Gasteiger partial charge in [0, 0.05) is 38.2 Å². The predicted octanol–water partition coefficient (Wildman–Crippen LogP) is 1.36. The molecule has 2 aromatic rings. The molecule has 0 spiro atoms. The minimum Gasteiger partial charge on any atom is -0.390 e. The second-order valence-corrected chi connectivity index (χ2v) is 5.20. The molecule has 2 N–H and O–H groups in total. The van der Waals surface area contributed by atoms with Crippen LogP contribution in [0.3, 0.4) is 0 Å². The van der Waals surface area contributed by atoms with Crippen molar-refractivity contribution >= 4 is 5.69 Å². The van der Waals surface area contributed by atoms with Crippen LogP contribution in [-0.4, -0.2) is 47.7 Å². The highest BCUT2D eigenvalue weighted by Gasteiger charge is 2.05. The van der Waals surface area contributed by atoms with Gasteiger partial charge in [-0.1, -0.05) is 18.2 Å². The smallest absolute Gasteiger partial charge is 0.0860 e. The molecular weight excluding hydrogens is 264 g/mol. The van der Waals surface area contributed by atoms with E-state index in [0.717, 1.165) is 19.5 Å².